The summed E-state index contributed by atoms with van der Waals surface area (Å²) in [5.41, 5.74) is 6.16. The Balaban J connectivity index is 1.74. The molecule has 6 nitrogen and oxygen atoms in total. The maximum absolute atomic E-state index is 13.1. The zero-order valence-electron chi connectivity index (χ0n) is 17.9. The smallest absolute Gasteiger partial charge is 0.318 e. The summed E-state index contributed by atoms with van der Waals surface area (Å²) < 4.78 is 2.12. The van der Waals surface area contributed by atoms with Crippen molar-refractivity contribution in [2.24, 2.45) is 0 Å². The van der Waals surface area contributed by atoms with Crippen molar-refractivity contribution in [1.29, 1.82) is 0 Å². The molecule has 1 saturated heterocycles. The number of carbonyl (C=O) groups is 3. The zero-order chi connectivity index (χ0) is 21.6. The molecule has 1 aromatic carbocycles. The van der Waals surface area contributed by atoms with E-state index in [2.05, 4.69) is 41.9 Å². The topological polar surface area (TPSA) is 71.4 Å². The molecule has 2 heterocycles. The predicted octanol–water partition coefficient (Wildman–Crippen LogP) is 4.12. The van der Waals surface area contributed by atoms with Gasteiger partial charge in [0.05, 0.1) is 0 Å². The number of nitrogens with one attached hydrogen (secondary N) is 1. The summed E-state index contributed by atoms with van der Waals surface area (Å²) in [6.45, 7) is 8.10. The summed E-state index contributed by atoms with van der Waals surface area (Å²) >= 11 is 0. The van der Waals surface area contributed by atoms with E-state index in [-0.39, 0.29) is 11.6 Å². The van der Waals surface area contributed by atoms with Crippen molar-refractivity contribution in [1.82, 2.24) is 14.8 Å². The van der Waals surface area contributed by atoms with Crippen LogP contribution in [0.1, 0.15) is 53.8 Å². The number of imide groups is 2. The highest BCUT2D eigenvalue weighted by molar-refractivity contribution is 6.31. The summed E-state index contributed by atoms with van der Waals surface area (Å²) in [4.78, 5) is 39.1. The number of rotatable bonds is 3. The van der Waals surface area contributed by atoms with Crippen LogP contribution in [-0.2, 0) is 9.59 Å². The molecule has 1 aromatic heterocycles. The Bertz CT molecular complexity index is 1070. The van der Waals surface area contributed by atoms with Crippen molar-refractivity contribution in [3.63, 3.8) is 0 Å². The Hall–Kier alpha value is -3.15. The van der Waals surface area contributed by atoms with E-state index in [1.807, 2.05) is 19.9 Å². The zero-order valence-corrected chi connectivity index (χ0v) is 17.9. The van der Waals surface area contributed by atoms with Gasteiger partial charge in [0.15, 0.2) is 0 Å². The van der Waals surface area contributed by atoms with E-state index in [1.165, 1.54) is 16.0 Å². The highest BCUT2D eigenvalue weighted by atomic mass is 16.2. The monoisotopic (exact) mass is 405 g/mol. The van der Waals surface area contributed by atoms with Crippen LogP contribution in [0.4, 0.5) is 4.79 Å². The van der Waals surface area contributed by atoms with Gasteiger partial charge >= 0.3 is 6.03 Å². The van der Waals surface area contributed by atoms with E-state index < -0.39 is 17.8 Å². The van der Waals surface area contributed by atoms with Gasteiger partial charge in [-0.05, 0) is 81.5 Å². The molecular formula is C24H27N3O3. The lowest BCUT2D eigenvalue weighted by Gasteiger charge is -2.31. The van der Waals surface area contributed by atoms with Gasteiger partial charge in [-0.1, -0.05) is 18.9 Å². The number of barbiturate groups is 1. The molecule has 6 heteroatoms. The van der Waals surface area contributed by atoms with Gasteiger partial charge in [-0.15, -0.1) is 0 Å². The minimum Gasteiger partial charge on any atom is -0.318 e. The van der Waals surface area contributed by atoms with Crippen LogP contribution in [0.5, 0.6) is 0 Å². The third kappa shape index (κ3) is 3.47. The van der Waals surface area contributed by atoms with Crippen LogP contribution in [-0.4, -0.2) is 33.4 Å². The highest BCUT2D eigenvalue weighted by Gasteiger charge is 2.40. The van der Waals surface area contributed by atoms with Crippen molar-refractivity contribution in [3.05, 3.63) is 57.9 Å². The summed E-state index contributed by atoms with van der Waals surface area (Å²) in [6, 6.07) is 7.59. The van der Waals surface area contributed by atoms with Crippen LogP contribution in [0.2, 0.25) is 0 Å². The fourth-order valence-electron chi connectivity index (χ4n) is 4.73. The number of aryl methyl sites for hydroxylation is 3. The number of amides is 4. The lowest BCUT2D eigenvalue weighted by molar-refractivity contribution is -0.131. The van der Waals surface area contributed by atoms with Crippen molar-refractivity contribution >= 4 is 23.9 Å². The fraction of sp³-hybridized carbons (Fsp3) is 0.375. The maximum atomic E-state index is 13.1. The molecule has 0 spiro atoms. The standard InChI is InChI=1S/C24H27N3O3/c1-14-9-15(2)11-20(10-14)26-16(3)12-18(17(26)4)13-21-22(28)25-24(30)27(23(21)29)19-7-5-6-8-19/h9-13,19H,5-8H2,1-4H3,(H,25,28,30)/b21-13-. The maximum Gasteiger partial charge on any atom is 0.331 e. The number of carbonyl (C=O) groups excluding carboxylic acids is 3. The molecule has 2 fully saturated rings. The van der Waals surface area contributed by atoms with Crippen molar-refractivity contribution in [3.8, 4) is 5.69 Å². The lowest BCUT2D eigenvalue weighted by atomic mass is 10.1. The Labute approximate surface area is 176 Å². The van der Waals surface area contributed by atoms with Gasteiger partial charge in [0.2, 0.25) is 0 Å². The summed E-state index contributed by atoms with van der Waals surface area (Å²) in [5.74, 6) is -1.12. The van der Waals surface area contributed by atoms with Gasteiger partial charge in [-0.25, -0.2) is 4.79 Å². The Kier molecular flexibility index (Phi) is 5.10. The Morgan fingerprint density at radius 1 is 0.933 bits per heavy atom. The number of hydrogen-bond acceptors (Lipinski definition) is 3. The number of benzene rings is 1. The van der Waals surface area contributed by atoms with Gasteiger partial charge in [-0.3, -0.25) is 19.8 Å². The minimum absolute atomic E-state index is 0.0159. The van der Waals surface area contributed by atoms with Gasteiger partial charge in [0.1, 0.15) is 5.57 Å². The molecule has 0 atom stereocenters. The molecular weight excluding hydrogens is 378 g/mol. The van der Waals surface area contributed by atoms with Crippen molar-refractivity contribution in [2.45, 2.75) is 59.4 Å². The molecule has 0 bridgehead atoms. The largest absolute Gasteiger partial charge is 0.331 e. The Morgan fingerprint density at radius 2 is 1.57 bits per heavy atom. The first kappa shape index (κ1) is 20.1. The minimum atomic E-state index is -0.629. The average molecular weight is 405 g/mol. The number of nitrogens with zero attached hydrogens (tertiary/aromatic N) is 2. The van der Waals surface area contributed by atoms with E-state index in [9.17, 15) is 14.4 Å². The normalized spacial score (nSPS) is 19.1. The summed E-state index contributed by atoms with van der Waals surface area (Å²) in [7, 11) is 0. The summed E-state index contributed by atoms with van der Waals surface area (Å²) in [6.07, 6.45) is 5.19. The van der Waals surface area contributed by atoms with Crippen LogP contribution in [0.25, 0.3) is 11.8 Å². The second-order valence-electron chi connectivity index (χ2n) is 8.44. The molecule has 1 saturated carbocycles. The van der Waals surface area contributed by atoms with E-state index in [0.717, 1.165) is 48.3 Å². The lowest BCUT2D eigenvalue weighted by Crippen LogP contribution is -2.57. The van der Waals surface area contributed by atoms with Crippen LogP contribution in [0.15, 0.2) is 29.8 Å². The molecule has 1 aliphatic heterocycles. The van der Waals surface area contributed by atoms with E-state index in [1.54, 1.807) is 6.08 Å². The molecule has 1 aliphatic carbocycles. The number of aromatic nitrogens is 1. The van der Waals surface area contributed by atoms with E-state index in [4.69, 9.17) is 0 Å². The molecule has 4 amide bonds. The van der Waals surface area contributed by atoms with E-state index in [0.29, 0.717) is 0 Å². The fourth-order valence-corrected chi connectivity index (χ4v) is 4.73. The van der Waals surface area contributed by atoms with Gasteiger partial charge in [0.25, 0.3) is 11.8 Å². The predicted molar refractivity (Wildman–Crippen MR) is 115 cm³/mol. The number of hydrogen-bond donors (Lipinski definition) is 1. The van der Waals surface area contributed by atoms with Crippen LogP contribution in [0, 0.1) is 27.7 Å². The van der Waals surface area contributed by atoms with Gasteiger partial charge < -0.3 is 4.57 Å². The molecule has 1 N–H and O–H groups in total. The third-order valence-corrected chi connectivity index (χ3v) is 6.06. The van der Waals surface area contributed by atoms with Gasteiger partial charge in [-0.2, -0.15) is 0 Å². The first-order valence-electron chi connectivity index (χ1n) is 10.4. The highest BCUT2D eigenvalue weighted by Crippen LogP contribution is 2.29. The molecule has 0 radical (unpaired) electrons. The summed E-state index contributed by atoms with van der Waals surface area (Å²) in [5, 5.41) is 2.35. The van der Waals surface area contributed by atoms with Crippen molar-refractivity contribution in [2.75, 3.05) is 0 Å². The molecule has 4 rings (SSSR count). The Morgan fingerprint density at radius 3 is 2.20 bits per heavy atom. The first-order chi connectivity index (χ1) is 14.3. The van der Waals surface area contributed by atoms with Crippen molar-refractivity contribution < 1.29 is 14.4 Å². The molecule has 2 aliphatic rings. The molecule has 156 valence electrons. The first-order valence-corrected chi connectivity index (χ1v) is 10.4. The second-order valence-corrected chi connectivity index (χ2v) is 8.44. The van der Waals surface area contributed by atoms with Gasteiger partial charge in [0, 0.05) is 23.1 Å². The third-order valence-electron chi connectivity index (χ3n) is 6.06. The van der Waals surface area contributed by atoms with Crippen LogP contribution >= 0.6 is 0 Å². The van der Waals surface area contributed by atoms with Crippen LogP contribution < -0.4 is 5.32 Å². The van der Waals surface area contributed by atoms with Crippen LogP contribution in [0.3, 0.4) is 0 Å². The quantitative estimate of drug-likeness (QED) is 0.617. The number of urea groups is 1. The average Bonchev–Trinajstić information content (AvgIpc) is 3.26. The molecule has 30 heavy (non-hydrogen) atoms. The molecule has 2 aromatic rings. The molecule has 0 unspecified atom stereocenters. The van der Waals surface area contributed by atoms with E-state index >= 15 is 0 Å². The second kappa shape index (κ2) is 7.59. The SMILES string of the molecule is Cc1cc(C)cc(-n2c(C)cc(/C=C3/C(=O)NC(=O)N(C4CCCC4)C3=O)c2C)c1.